The molecule has 2 amide bonds. The molecular formula is C20H30N4O3. The van der Waals surface area contributed by atoms with Crippen molar-refractivity contribution in [2.45, 2.75) is 38.3 Å². The average Bonchev–Trinajstić information content (AvgIpc) is 2.73. The molecule has 3 heterocycles. The van der Waals surface area contributed by atoms with Crippen LogP contribution in [0, 0.1) is 5.92 Å². The number of aromatic nitrogens is 1. The zero-order valence-corrected chi connectivity index (χ0v) is 16.1. The first kappa shape index (κ1) is 19.8. The van der Waals surface area contributed by atoms with Crippen molar-refractivity contribution >= 4 is 11.8 Å². The van der Waals surface area contributed by atoms with Crippen molar-refractivity contribution in [2.75, 3.05) is 39.9 Å². The minimum Gasteiger partial charge on any atom is -0.375 e. The largest absolute Gasteiger partial charge is 0.375 e. The highest BCUT2D eigenvalue weighted by molar-refractivity contribution is 5.79. The Morgan fingerprint density at radius 1 is 1.22 bits per heavy atom. The molecule has 2 aliphatic heterocycles. The van der Waals surface area contributed by atoms with Crippen LogP contribution >= 0.6 is 0 Å². The molecule has 27 heavy (non-hydrogen) atoms. The maximum absolute atomic E-state index is 12.6. The summed E-state index contributed by atoms with van der Waals surface area (Å²) in [6, 6.07) is 6.19. The van der Waals surface area contributed by atoms with Crippen LogP contribution in [-0.2, 0) is 20.9 Å². The van der Waals surface area contributed by atoms with Gasteiger partial charge in [0.1, 0.15) is 6.61 Å². The van der Waals surface area contributed by atoms with Crippen LogP contribution < -0.4 is 5.32 Å². The van der Waals surface area contributed by atoms with Crippen LogP contribution in [-0.4, -0.2) is 72.5 Å². The summed E-state index contributed by atoms with van der Waals surface area (Å²) < 4.78 is 4.94. The number of pyridine rings is 1. The molecule has 1 N–H and O–H groups in total. The van der Waals surface area contributed by atoms with Gasteiger partial charge < -0.3 is 15.0 Å². The number of nitrogens with one attached hydrogen (secondary N) is 1. The molecule has 0 bridgehead atoms. The number of hydrogen-bond donors (Lipinski definition) is 1. The minimum atomic E-state index is 0.0376. The molecule has 1 atom stereocenters. The second-order valence-electron chi connectivity index (χ2n) is 7.42. The number of methoxy groups -OCH3 is 1. The summed E-state index contributed by atoms with van der Waals surface area (Å²) in [5, 5.41) is 3.03. The summed E-state index contributed by atoms with van der Waals surface area (Å²) in [5.41, 5.74) is 0.881. The fraction of sp³-hybridized carbons (Fsp3) is 0.650. The molecule has 0 aliphatic carbocycles. The quantitative estimate of drug-likeness (QED) is 0.806. The lowest BCUT2D eigenvalue weighted by molar-refractivity contribution is -0.136. The van der Waals surface area contributed by atoms with Gasteiger partial charge in [0.2, 0.25) is 11.8 Å². The molecule has 2 aliphatic rings. The second-order valence-corrected chi connectivity index (χ2v) is 7.42. The van der Waals surface area contributed by atoms with E-state index in [2.05, 4.69) is 15.2 Å². The second kappa shape index (κ2) is 9.80. The molecule has 7 nitrogen and oxygen atoms in total. The lowest BCUT2D eigenvalue weighted by atomic mass is 9.93. The summed E-state index contributed by atoms with van der Waals surface area (Å²) in [5.74, 6) is 0.232. The summed E-state index contributed by atoms with van der Waals surface area (Å²) in [6.07, 6.45) is 5.67. The molecule has 1 aromatic heterocycles. The Labute approximate surface area is 161 Å². The molecular weight excluding hydrogens is 344 g/mol. The number of ether oxygens (including phenoxy) is 1. The molecule has 0 aromatic carbocycles. The van der Waals surface area contributed by atoms with Gasteiger partial charge in [-0.15, -0.1) is 0 Å². The molecule has 148 valence electrons. The summed E-state index contributed by atoms with van der Waals surface area (Å²) in [4.78, 5) is 33.1. The van der Waals surface area contributed by atoms with E-state index < -0.39 is 0 Å². The molecule has 0 spiro atoms. The molecule has 1 aromatic rings. The Bertz CT molecular complexity index is 617. The van der Waals surface area contributed by atoms with E-state index in [0.29, 0.717) is 12.6 Å². The number of rotatable bonds is 6. The highest BCUT2D eigenvalue weighted by Crippen LogP contribution is 2.24. The van der Waals surface area contributed by atoms with Gasteiger partial charge in [0.05, 0.1) is 18.2 Å². The van der Waals surface area contributed by atoms with Crippen molar-refractivity contribution in [1.29, 1.82) is 0 Å². The molecule has 3 rings (SSSR count). The van der Waals surface area contributed by atoms with Gasteiger partial charge in [-0.3, -0.25) is 19.5 Å². The van der Waals surface area contributed by atoms with Crippen molar-refractivity contribution in [2.24, 2.45) is 5.92 Å². The molecule has 0 radical (unpaired) electrons. The smallest absolute Gasteiger partial charge is 0.248 e. The van der Waals surface area contributed by atoms with Crippen molar-refractivity contribution in [3.63, 3.8) is 0 Å². The Morgan fingerprint density at radius 2 is 2.04 bits per heavy atom. The van der Waals surface area contributed by atoms with Gasteiger partial charge in [0, 0.05) is 39.0 Å². The Hall–Kier alpha value is -1.99. The predicted octanol–water partition coefficient (Wildman–Crippen LogP) is 1.05. The normalized spacial score (nSPS) is 21.8. The van der Waals surface area contributed by atoms with Crippen LogP contribution in [0.4, 0.5) is 0 Å². The molecule has 0 saturated carbocycles. The van der Waals surface area contributed by atoms with Gasteiger partial charge in [-0.1, -0.05) is 6.07 Å². The Balaban J connectivity index is 1.45. The number of likely N-dealkylation sites (tertiary alicyclic amines) is 2. The predicted molar refractivity (Wildman–Crippen MR) is 102 cm³/mol. The first-order chi connectivity index (χ1) is 13.2. The van der Waals surface area contributed by atoms with Crippen LogP contribution in [0.3, 0.4) is 0 Å². The summed E-state index contributed by atoms with van der Waals surface area (Å²) in [6.45, 7) is 4.05. The van der Waals surface area contributed by atoms with E-state index in [9.17, 15) is 9.59 Å². The van der Waals surface area contributed by atoms with E-state index in [-0.39, 0.29) is 24.3 Å². The summed E-state index contributed by atoms with van der Waals surface area (Å²) in [7, 11) is 1.55. The zero-order valence-electron chi connectivity index (χ0n) is 16.1. The maximum Gasteiger partial charge on any atom is 0.248 e. The van der Waals surface area contributed by atoms with Crippen LogP contribution in [0.1, 0.15) is 31.4 Å². The lowest BCUT2D eigenvalue weighted by Gasteiger charge is -2.42. The highest BCUT2D eigenvalue weighted by atomic mass is 16.5. The van der Waals surface area contributed by atoms with E-state index in [0.717, 1.165) is 57.6 Å². The first-order valence-corrected chi connectivity index (χ1v) is 9.85. The van der Waals surface area contributed by atoms with E-state index in [1.165, 1.54) is 0 Å². The number of amides is 2. The fourth-order valence-electron chi connectivity index (χ4n) is 4.07. The maximum atomic E-state index is 12.6. The SMILES string of the molecule is COCC(=O)N1CCC(N2CCCC(C(=O)NCc3ccccn3)C2)CC1. The van der Waals surface area contributed by atoms with E-state index in [1.807, 2.05) is 23.1 Å². The van der Waals surface area contributed by atoms with Crippen molar-refractivity contribution in [3.05, 3.63) is 30.1 Å². The minimum absolute atomic E-state index is 0.0376. The molecule has 1 unspecified atom stereocenters. The van der Waals surface area contributed by atoms with Gasteiger partial charge in [0.25, 0.3) is 0 Å². The Kier molecular flexibility index (Phi) is 7.18. The van der Waals surface area contributed by atoms with Crippen molar-refractivity contribution in [1.82, 2.24) is 20.1 Å². The fourth-order valence-corrected chi connectivity index (χ4v) is 4.07. The van der Waals surface area contributed by atoms with E-state index in [1.54, 1.807) is 13.3 Å². The van der Waals surface area contributed by atoms with Gasteiger partial charge in [-0.2, -0.15) is 0 Å². The monoisotopic (exact) mass is 374 g/mol. The van der Waals surface area contributed by atoms with Gasteiger partial charge in [-0.05, 0) is 44.4 Å². The van der Waals surface area contributed by atoms with Crippen molar-refractivity contribution < 1.29 is 14.3 Å². The molecule has 7 heteroatoms. The molecule has 2 saturated heterocycles. The van der Waals surface area contributed by atoms with Crippen molar-refractivity contribution in [3.8, 4) is 0 Å². The van der Waals surface area contributed by atoms with Crippen LogP contribution in [0.15, 0.2) is 24.4 Å². The van der Waals surface area contributed by atoms with Crippen LogP contribution in [0.2, 0.25) is 0 Å². The van der Waals surface area contributed by atoms with Gasteiger partial charge in [0.15, 0.2) is 0 Å². The summed E-state index contributed by atoms with van der Waals surface area (Å²) >= 11 is 0. The average molecular weight is 374 g/mol. The van der Waals surface area contributed by atoms with Gasteiger partial charge >= 0.3 is 0 Å². The molecule has 2 fully saturated rings. The number of piperidine rings is 2. The number of nitrogens with zero attached hydrogens (tertiary/aromatic N) is 3. The topological polar surface area (TPSA) is 74.8 Å². The third-order valence-corrected chi connectivity index (χ3v) is 5.59. The van der Waals surface area contributed by atoms with E-state index >= 15 is 0 Å². The standard InChI is InChI=1S/C20H30N4O3/c1-27-15-19(25)23-11-7-18(8-12-23)24-10-4-5-16(14-24)20(26)22-13-17-6-2-3-9-21-17/h2-3,6,9,16,18H,4-5,7-8,10-15H2,1H3,(H,22,26). The van der Waals surface area contributed by atoms with Crippen LogP contribution in [0.25, 0.3) is 0 Å². The van der Waals surface area contributed by atoms with E-state index in [4.69, 9.17) is 4.74 Å². The number of hydrogen-bond acceptors (Lipinski definition) is 5. The number of carbonyl (C=O) groups excluding carboxylic acids is 2. The Morgan fingerprint density at radius 3 is 2.74 bits per heavy atom. The first-order valence-electron chi connectivity index (χ1n) is 9.85. The third kappa shape index (κ3) is 5.49. The zero-order chi connectivity index (χ0) is 19.1. The lowest BCUT2D eigenvalue weighted by Crippen LogP contribution is -2.51. The third-order valence-electron chi connectivity index (χ3n) is 5.59. The number of carbonyl (C=O) groups is 2. The van der Waals surface area contributed by atoms with Crippen LogP contribution in [0.5, 0.6) is 0 Å². The highest BCUT2D eigenvalue weighted by Gasteiger charge is 2.32. The van der Waals surface area contributed by atoms with Gasteiger partial charge in [-0.25, -0.2) is 0 Å².